The molecule has 0 unspecified atom stereocenters. The highest BCUT2D eigenvalue weighted by atomic mass is 35.5. The maximum atomic E-state index is 12.4. The zero-order chi connectivity index (χ0) is 18.4. The van der Waals surface area contributed by atoms with Gasteiger partial charge in [-0.1, -0.05) is 23.7 Å². The Morgan fingerprint density at radius 3 is 2.31 bits per heavy atom. The molecule has 0 saturated carbocycles. The topological polar surface area (TPSA) is 44.8 Å². The number of hydrogen-bond donors (Lipinski definition) is 1. The van der Waals surface area contributed by atoms with Crippen molar-refractivity contribution in [1.82, 2.24) is 9.80 Å². The van der Waals surface area contributed by atoms with Gasteiger partial charge in [-0.15, -0.1) is 0 Å². The first kappa shape index (κ1) is 18.5. The van der Waals surface area contributed by atoms with E-state index in [0.717, 1.165) is 49.2 Å². The number of nitrogens with zero attached hydrogens (tertiary/aromatic N) is 2. The van der Waals surface area contributed by atoms with Gasteiger partial charge < -0.3 is 15.0 Å². The number of urea groups is 1. The van der Waals surface area contributed by atoms with Gasteiger partial charge in [-0.05, 0) is 48.9 Å². The minimum absolute atomic E-state index is 0.0553. The summed E-state index contributed by atoms with van der Waals surface area (Å²) in [7, 11) is 0. The summed E-state index contributed by atoms with van der Waals surface area (Å²) >= 11 is 5.93. The van der Waals surface area contributed by atoms with Crippen molar-refractivity contribution < 1.29 is 9.53 Å². The maximum Gasteiger partial charge on any atom is 0.321 e. The van der Waals surface area contributed by atoms with Crippen LogP contribution in [0.1, 0.15) is 12.5 Å². The number of rotatable bonds is 5. The van der Waals surface area contributed by atoms with E-state index in [-0.39, 0.29) is 6.03 Å². The first-order valence-electron chi connectivity index (χ1n) is 8.89. The number of carbonyl (C=O) groups is 1. The van der Waals surface area contributed by atoms with E-state index in [4.69, 9.17) is 16.3 Å². The van der Waals surface area contributed by atoms with Crippen molar-refractivity contribution in [3.63, 3.8) is 0 Å². The molecule has 138 valence electrons. The predicted molar refractivity (Wildman–Crippen MR) is 105 cm³/mol. The van der Waals surface area contributed by atoms with E-state index in [1.807, 2.05) is 60.4 Å². The van der Waals surface area contributed by atoms with Crippen LogP contribution in [-0.2, 0) is 6.54 Å². The van der Waals surface area contributed by atoms with Gasteiger partial charge >= 0.3 is 6.03 Å². The van der Waals surface area contributed by atoms with Crippen molar-refractivity contribution in [2.45, 2.75) is 13.5 Å². The Morgan fingerprint density at radius 2 is 1.69 bits per heavy atom. The lowest BCUT2D eigenvalue weighted by atomic mass is 10.2. The summed E-state index contributed by atoms with van der Waals surface area (Å²) in [6.07, 6.45) is 0. The fraction of sp³-hybridized carbons (Fsp3) is 0.350. The lowest BCUT2D eigenvalue weighted by Crippen LogP contribution is -2.49. The molecule has 0 spiro atoms. The number of carbonyl (C=O) groups excluding carboxylic acids is 1. The first-order valence-corrected chi connectivity index (χ1v) is 9.27. The molecule has 26 heavy (non-hydrogen) atoms. The van der Waals surface area contributed by atoms with Crippen LogP contribution < -0.4 is 10.1 Å². The van der Waals surface area contributed by atoms with Crippen LogP contribution in [0.25, 0.3) is 0 Å². The summed E-state index contributed by atoms with van der Waals surface area (Å²) in [6.45, 7) is 6.62. The zero-order valence-corrected chi connectivity index (χ0v) is 15.7. The highest BCUT2D eigenvalue weighted by molar-refractivity contribution is 6.30. The summed E-state index contributed by atoms with van der Waals surface area (Å²) in [4.78, 5) is 16.6. The number of ether oxygens (including phenoxy) is 1. The highest BCUT2D eigenvalue weighted by Gasteiger charge is 2.21. The van der Waals surface area contributed by atoms with Crippen molar-refractivity contribution in [3.8, 4) is 5.75 Å². The number of hydrogen-bond acceptors (Lipinski definition) is 3. The highest BCUT2D eigenvalue weighted by Crippen LogP contribution is 2.17. The van der Waals surface area contributed by atoms with E-state index in [1.54, 1.807) is 0 Å². The fourth-order valence-corrected chi connectivity index (χ4v) is 3.09. The Bertz CT molecular complexity index is 711. The van der Waals surface area contributed by atoms with Crippen molar-refractivity contribution in [3.05, 3.63) is 59.1 Å². The number of anilines is 1. The first-order chi connectivity index (χ1) is 12.6. The van der Waals surface area contributed by atoms with Gasteiger partial charge in [-0.2, -0.15) is 0 Å². The minimum atomic E-state index is -0.0553. The quantitative estimate of drug-likeness (QED) is 0.858. The molecular weight excluding hydrogens is 350 g/mol. The zero-order valence-electron chi connectivity index (χ0n) is 15.0. The van der Waals surface area contributed by atoms with E-state index in [2.05, 4.69) is 10.2 Å². The van der Waals surface area contributed by atoms with Gasteiger partial charge in [0.1, 0.15) is 5.75 Å². The van der Waals surface area contributed by atoms with Gasteiger partial charge in [0.2, 0.25) is 0 Å². The van der Waals surface area contributed by atoms with Crippen molar-refractivity contribution in [1.29, 1.82) is 0 Å². The number of piperazine rings is 1. The molecule has 1 aliphatic heterocycles. The summed E-state index contributed by atoms with van der Waals surface area (Å²) in [5.41, 5.74) is 2.02. The average Bonchev–Trinajstić information content (AvgIpc) is 2.66. The smallest absolute Gasteiger partial charge is 0.321 e. The van der Waals surface area contributed by atoms with Crippen molar-refractivity contribution >= 4 is 23.3 Å². The number of amides is 2. The lowest BCUT2D eigenvalue weighted by Gasteiger charge is -2.34. The molecule has 1 saturated heterocycles. The number of nitrogens with one attached hydrogen (secondary N) is 1. The molecule has 0 aliphatic carbocycles. The van der Waals surface area contributed by atoms with Crippen LogP contribution in [-0.4, -0.2) is 48.6 Å². The molecule has 2 aromatic rings. The Hall–Kier alpha value is -2.24. The molecule has 2 amide bonds. The molecule has 3 rings (SSSR count). The molecular formula is C20H24ClN3O2. The molecule has 6 heteroatoms. The summed E-state index contributed by atoms with van der Waals surface area (Å²) in [5.74, 6) is 0.807. The number of halogens is 1. The fourth-order valence-electron chi connectivity index (χ4n) is 2.96. The Morgan fingerprint density at radius 1 is 1.04 bits per heavy atom. The molecule has 0 radical (unpaired) electrons. The van der Waals surface area contributed by atoms with Gasteiger partial charge in [0.05, 0.1) is 6.61 Å². The molecule has 5 nitrogen and oxygen atoms in total. The van der Waals surface area contributed by atoms with Gasteiger partial charge in [-0.25, -0.2) is 4.79 Å². The van der Waals surface area contributed by atoms with Crippen LogP contribution in [0, 0.1) is 0 Å². The monoisotopic (exact) mass is 373 g/mol. The molecule has 0 atom stereocenters. The molecule has 1 aliphatic rings. The lowest BCUT2D eigenvalue weighted by molar-refractivity contribution is 0.143. The van der Waals surface area contributed by atoms with Gasteiger partial charge in [-0.3, -0.25) is 4.90 Å². The second-order valence-corrected chi connectivity index (χ2v) is 6.71. The van der Waals surface area contributed by atoms with Crippen LogP contribution >= 0.6 is 11.6 Å². The van der Waals surface area contributed by atoms with Crippen molar-refractivity contribution in [2.75, 3.05) is 38.1 Å². The van der Waals surface area contributed by atoms with E-state index < -0.39 is 0 Å². The third kappa shape index (κ3) is 5.13. The summed E-state index contributed by atoms with van der Waals surface area (Å²) < 4.78 is 5.41. The maximum absolute atomic E-state index is 12.4. The molecule has 0 aromatic heterocycles. The van der Waals surface area contributed by atoms with Gasteiger partial charge in [0, 0.05) is 43.4 Å². The van der Waals surface area contributed by atoms with Gasteiger partial charge in [0.15, 0.2) is 0 Å². The van der Waals surface area contributed by atoms with Crippen LogP contribution in [0.2, 0.25) is 5.02 Å². The van der Waals surface area contributed by atoms with E-state index in [9.17, 15) is 4.79 Å². The number of benzene rings is 2. The second kappa shape index (κ2) is 8.92. The largest absolute Gasteiger partial charge is 0.494 e. The van der Waals surface area contributed by atoms with Gasteiger partial charge in [0.25, 0.3) is 0 Å². The molecule has 2 aromatic carbocycles. The molecule has 0 bridgehead atoms. The Labute approximate surface area is 159 Å². The average molecular weight is 374 g/mol. The molecule has 1 heterocycles. The third-order valence-electron chi connectivity index (χ3n) is 4.40. The normalized spacial score (nSPS) is 14.9. The Balaban J connectivity index is 1.46. The van der Waals surface area contributed by atoms with E-state index >= 15 is 0 Å². The van der Waals surface area contributed by atoms with E-state index in [1.165, 1.54) is 5.56 Å². The molecule has 1 fully saturated rings. The van der Waals surface area contributed by atoms with E-state index in [0.29, 0.717) is 6.61 Å². The SMILES string of the molecule is CCOc1ccc(NC(=O)N2CCN(Cc3ccc(Cl)cc3)CC2)cc1. The minimum Gasteiger partial charge on any atom is -0.494 e. The van der Waals surface area contributed by atoms with Crippen LogP contribution in [0.4, 0.5) is 10.5 Å². The predicted octanol–water partition coefficient (Wildman–Crippen LogP) is 4.09. The standard InChI is InChI=1S/C20H24ClN3O2/c1-2-26-19-9-7-18(8-10-19)22-20(25)24-13-11-23(12-14-24)15-16-3-5-17(21)6-4-16/h3-10H,2,11-15H2,1H3,(H,22,25). The summed E-state index contributed by atoms with van der Waals surface area (Å²) in [5, 5.41) is 3.70. The second-order valence-electron chi connectivity index (χ2n) is 6.28. The van der Waals surface area contributed by atoms with Crippen molar-refractivity contribution in [2.24, 2.45) is 0 Å². The Kier molecular flexibility index (Phi) is 6.36. The molecule has 1 N–H and O–H groups in total. The van der Waals surface area contributed by atoms with Crippen LogP contribution in [0.5, 0.6) is 5.75 Å². The summed E-state index contributed by atoms with van der Waals surface area (Å²) in [6, 6.07) is 15.3. The third-order valence-corrected chi connectivity index (χ3v) is 4.65. The van der Waals surface area contributed by atoms with Crippen LogP contribution in [0.3, 0.4) is 0 Å². The van der Waals surface area contributed by atoms with Crippen LogP contribution in [0.15, 0.2) is 48.5 Å².